The average molecular weight is 314 g/mol. The number of anilines is 1. The highest BCUT2D eigenvalue weighted by Gasteiger charge is 2.27. The second kappa shape index (κ2) is 6.98. The van der Waals surface area contributed by atoms with Gasteiger partial charge in [0.05, 0.1) is 35.5 Å². The van der Waals surface area contributed by atoms with Gasteiger partial charge < -0.3 is 25.8 Å². The van der Waals surface area contributed by atoms with E-state index in [1.54, 1.807) is 13.2 Å². The molecule has 2 unspecified atom stereocenters. The number of carbonyl (C=O) groups excluding carboxylic acids is 1. The number of piperidine rings is 1. The molecule has 0 aliphatic carbocycles. The fourth-order valence-electron chi connectivity index (χ4n) is 2.41. The molecule has 1 fully saturated rings. The second-order valence-electron chi connectivity index (χ2n) is 4.92. The third-order valence-electron chi connectivity index (χ3n) is 3.61. The Labute approximate surface area is 128 Å². The number of benzene rings is 1. The van der Waals surface area contributed by atoms with E-state index in [1.807, 2.05) is 0 Å². The number of amides is 1. The molecule has 1 aliphatic heterocycles. The fraction of sp³-hybridized carbons (Fsp3) is 0.500. The van der Waals surface area contributed by atoms with E-state index < -0.39 is 0 Å². The van der Waals surface area contributed by atoms with Gasteiger partial charge >= 0.3 is 0 Å². The van der Waals surface area contributed by atoms with Crippen molar-refractivity contribution in [2.75, 3.05) is 33.0 Å². The van der Waals surface area contributed by atoms with Crippen molar-refractivity contribution in [3.8, 4) is 5.75 Å². The third-order valence-corrected chi connectivity index (χ3v) is 3.94. The molecule has 6 nitrogen and oxygen atoms in total. The molecule has 0 aromatic heterocycles. The number of ether oxygens (including phenoxy) is 2. The third kappa shape index (κ3) is 3.58. The van der Waals surface area contributed by atoms with Crippen molar-refractivity contribution >= 4 is 23.2 Å². The van der Waals surface area contributed by atoms with E-state index in [0.29, 0.717) is 28.6 Å². The fourth-order valence-corrected chi connectivity index (χ4v) is 2.56. The Balaban J connectivity index is 2.18. The van der Waals surface area contributed by atoms with E-state index in [0.717, 1.165) is 13.0 Å². The predicted octanol–water partition coefficient (Wildman–Crippen LogP) is 1.04. The van der Waals surface area contributed by atoms with Crippen LogP contribution in [-0.2, 0) is 4.74 Å². The van der Waals surface area contributed by atoms with Gasteiger partial charge in [-0.1, -0.05) is 11.6 Å². The molecular weight excluding hydrogens is 294 g/mol. The minimum absolute atomic E-state index is 0.0506. The SMILES string of the molecule is COc1cc(Cl)c(N)cc1C(=O)NC1CCNCC1OC. The van der Waals surface area contributed by atoms with Gasteiger partial charge in [-0.2, -0.15) is 0 Å². The molecule has 1 aliphatic rings. The first-order chi connectivity index (χ1) is 10.1. The van der Waals surface area contributed by atoms with Crippen LogP contribution < -0.4 is 21.1 Å². The van der Waals surface area contributed by atoms with Gasteiger partial charge in [0.1, 0.15) is 5.75 Å². The van der Waals surface area contributed by atoms with Crippen LogP contribution >= 0.6 is 11.6 Å². The Morgan fingerprint density at radius 2 is 2.24 bits per heavy atom. The lowest BCUT2D eigenvalue weighted by Crippen LogP contribution is -2.53. The molecule has 4 N–H and O–H groups in total. The van der Waals surface area contributed by atoms with Crippen molar-refractivity contribution in [3.63, 3.8) is 0 Å². The number of hydrogen-bond acceptors (Lipinski definition) is 5. The number of nitrogens with two attached hydrogens (primary N) is 1. The van der Waals surface area contributed by atoms with E-state index in [9.17, 15) is 4.79 Å². The summed E-state index contributed by atoms with van der Waals surface area (Å²) >= 11 is 5.94. The second-order valence-corrected chi connectivity index (χ2v) is 5.33. The molecule has 1 saturated heterocycles. The topological polar surface area (TPSA) is 85.6 Å². The predicted molar refractivity (Wildman–Crippen MR) is 82.0 cm³/mol. The minimum atomic E-state index is -0.246. The zero-order valence-corrected chi connectivity index (χ0v) is 12.9. The van der Waals surface area contributed by atoms with Crippen LogP contribution in [0.5, 0.6) is 5.75 Å². The number of methoxy groups -OCH3 is 2. The number of halogens is 1. The van der Waals surface area contributed by atoms with Crippen LogP contribution in [0.25, 0.3) is 0 Å². The van der Waals surface area contributed by atoms with Crippen LogP contribution in [0.3, 0.4) is 0 Å². The first-order valence-electron chi connectivity index (χ1n) is 6.74. The molecule has 2 rings (SSSR count). The van der Waals surface area contributed by atoms with Crippen LogP contribution in [0, 0.1) is 0 Å². The molecule has 1 aromatic carbocycles. The molecule has 0 saturated carbocycles. The van der Waals surface area contributed by atoms with E-state index >= 15 is 0 Å². The van der Waals surface area contributed by atoms with Gasteiger partial charge in [0.25, 0.3) is 5.91 Å². The smallest absolute Gasteiger partial charge is 0.255 e. The molecule has 0 radical (unpaired) electrons. The summed E-state index contributed by atoms with van der Waals surface area (Å²) in [5.41, 5.74) is 6.48. The lowest BCUT2D eigenvalue weighted by Gasteiger charge is -2.31. The first-order valence-corrected chi connectivity index (χ1v) is 7.12. The van der Waals surface area contributed by atoms with Gasteiger partial charge in [-0.25, -0.2) is 0 Å². The molecule has 0 bridgehead atoms. The molecule has 7 heteroatoms. The van der Waals surface area contributed by atoms with Gasteiger partial charge in [0.15, 0.2) is 0 Å². The molecule has 1 amide bonds. The number of rotatable bonds is 4. The van der Waals surface area contributed by atoms with Crippen LogP contribution in [-0.4, -0.2) is 45.4 Å². The van der Waals surface area contributed by atoms with Crippen molar-refractivity contribution < 1.29 is 14.3 Å². The summed E-state index contributed by atoms with van der Waals surface area (Å²) in [6.07, 6.45) is 0.744. The summed E-state index contributed by atoms with van der Waals surface area (Å²) in [4.78, 5) is 12.5. The summed E-state index contributed by atoms with van der Waals surface area (Å²) in [6.45, 7) is 1.55. The Morgan fingerprint density at radius 3 is 2.90 bits per heavy atom. The minimum Gasteiger partial charge on any atom is -0.496 e. The maximum atomic E-state index is 12.5. The molecule has 0 spiro atoms. The van der Waals surface area contributed by atoms with Gasteiger partial charge in [-0.05, 0) is 19.0 Å². The summed E-state index contributed by atoms with van der Waals surface area (Å²) < 4.78 is 10.6. The number of nitrogens with one attached hydrogen (secondary N) is 2. The molecule has 1 heterocycles. The van der Waals surface area contributed by atoms with Crippen molar-refractivity contribution in [1.82, 2.24) is 10.6 Å². The highest BCUT2D eigenvalue weighted by Crippen LogP contribution is 2.29. The normalized spacial score (nSPS) is 21.9. The highest BCUT2D eigenvalue weighted by molar-refractivity contribution is 6.33. The van der Waals surface area contributed by atoms with E-state index in [1.165, 1.54) is 13.2 Å². The Bertz CT molecular complexity index is 524. The number of nitrogen functional groups attached to an aromatic ring is 1. The van der Waals surface area contributed by atoms with Crippen LogP contribution in [0.15, 0.2) is 12.1 Å². The molecule has 21 heavy (non-hydrogen) atoms. The van der Waals surface area contributed by atoms with Gasteiger partial charge in [0.2, 0.25) is 0 Å². The molecule has 2 atom stereocenters. The van der Waals surface area contributed by atoms with Gasteiger partial charge in [-0.3, -0.25) is 4.79 Å². The quantitative estimate of drug-likeness (QED) is 0.723. The number of carbonyl (C=O) groups is 1. The summed E-state index contributed by atoms with van der Waals surface area (Å²) in [6, 6.07) is 3.02. The standard InChI is InChI=1S/C14H20ClN3O3/c1-20-12-6-9(15)10(16)5-8(12)14(19)18-11-3-4-17-7-13(11)21-2/h5-6,11,13,17H,3-4,7,16H2,1-2H3,(H,18,19). The first kappa shape index (κ1) is 15.9. The lowest BCUT2D eigenvalue weighted by atomic mass is 10.0. The van der Waals surface area contributed by atoms with E-state index in [2.05, 4.69) is 10.6 Å². The lowest BCUT2D eigenvalue weighted by molar-refractivity contribution is 0.0476. The maximum absolute atomic E-state index is 12.5. The van der Waals surface area contributed by atoms with Gasteiger partial charge in [0, 0.05) is 19.7 Å². The Kier molecular flexibility index (Phi) is 5.27. The Hall–Kier alpha value is -1.50. The Morgan fingerprint density at radius 1 is 1.48 bits per heavy atom. The van der Waals surface area contributed by atoms with Crippen LogP contribution in [0.1, 0.15) is 16.8 Å². The summed E-state index contributed by atoms with van der Waals surface area (Å²) in [5.74, 6) is 0.152. The number of hydrogen-bond donors (Lipinski definition) is 3. The highest BCUT2D eigenvalue weighted by atomic mass is 35.5. The maximum Gasteiger partial charge on any atom is 0.255 e. The van der Waals surface area contributed by atoms with Crippen molar-refractivity contribution in [3.05, 3.63) is 22.7 Å². The molecule has 116 valence electrons. The van der Waals surface area contributed by atoms with E-state index in [-0.39, 0.29) is 18.1 Å². The van der Waals surface area contributed by atoms with Gasteiger partial charge in [-0.15, -0.1) is 0 Å². The molecule has 1 aromatic rings. The largest absolute Gasteiger partial charge is 0.496 e. The van der Waals surface area contributed by atoms with Crippen molar-refractivity contribution in [2.24, 2.45) is 0 Å². The van der Waals surface area contributed by atoms with Crippen molar-refractivity contribution in [1.29, 1.82) is 0 Å². The summed E-state index contributed by atoms with van der Waals surface area (Å²) in [5, 5.41) is 6.57. The van der Waals surface area contributed by atoms with Crippen LogP contribution in [0.2, 0.25) is 5.02 Å². The molecular formula is C14H20ClN3O3. The zero-order valence-electron chi connectivity index (χ0n) is 12.1. The average Bonchev–Trinajstić information content (AvgIpc) is 2.50. The summed E-state index contributed by atoms with van der Waals surface area (Å²) in [7, 11) is 3.12. The van der Waals surface area contributed by atoms with Crippen LogP contribution in [0.4, 0.5) is 5.69 Å². The van der Waals surface area contributed by atoms with E-state index in [4.69, 9.17) is 26.8 Å². The monoisotopic (exact) mass is 313 g/mol. The van der Waals surface area contributed by atoms with Crippen molar-refractivity contribution in [2.45, 2.75) is 18.6 Å². The zero-order chi connectivity index (χ0) is 15.4.